The minimum Gasteiger partial charge on any atom is -0.466 e. The van der Waals surface area contributed by atoms with Crippen LogP contribution in [0.2, 0.25) is 0 Å². The first-order chi connectivity index (χ1) is 51.1. The molecule has 3 N–H and O–H groups in total. The van der Waals surface area contributed by atoms with Crippen molar-refractivity contribution < 1.29 is 110 Å². The molecule has 3 aliphatic heterocycles. The average Bonchev–Trinajstić information content (AvgIpc) is 0.832. The fourth-order valence-corrected chi connectivity index (χ4v) is 13.8. The summed E-state index contributed by atoms with van der Waals surface area (Å²) in [5.41, 5.74) is -0.420. The van der Waals surface area contributed by atoms with Gasteiger partial charge in [-0.15, -0.1) is 0 Å². The lowest BCUT2D eigenvalue weighted by atomic mass is 9.79. The molecule has 0 spiro atoms. The topological polar surface area (TPSA) is 327 Å². The quantitative estimate of drug-likeness (QED) is 0.0220. The van der Waals surface area contributed by atoms with E-state index < -0.39 is 36.3 Å². The number of carbonyl (C=O) groups is 10. The highest BCUT2D eigenvalue weighted by molar-refractivity contribution is 5.84. The first-order valence-electron chi connectivity index (χ1n) is 40.7. The molecule has 0 aromatic carbocycles. The van der Waals surface area contributed by atoms with Crippen molar-refractivity contribution in [1.82, 2.24) is 16.0 Å². The molecule has 3 fully saturated rings. The Bertz CT molecular complexity index is 2450. The van der Waals surface area contributed by atoms with Crippen molar-refractivity contribution in [1.29, 1.82) is 0 Å². The van der Waals surface area contributed by atoms with Gasteiger partial charge in [0.05, 0.1) is 71.0 Å². The highest BCUT2D eigenvalue weighted by Crippen LogP contribution is 2.39. The molecule has 26 nitrogen and oxygen atoms in total. The summed E-state index contributed by atoms with van der Waals surface area (Å²) in [6.45, 7) is 29.2. The fourth-order valence-electron chi connectivity index (χ4n) is 13.8. The third kappa shape index (κ3) is 42.6. The van der Waals surface area contributed by atoms with E-state index in [1.165, 1.54) is 20.8 Å². The average molecular weight is 1530 g/mol. The van der Waals surface area contributed by atoms with Crippen LogP contribution in [-0.4, -0.2) is 182 Å². The zero-order valence-corrected chi connectivity index (χ0v) is 67.7. The number of Topliss-reactive ketones (excluding diaryl/α,β-unsaturated/α-hetero) is 1. The number of alkyl carbamates (subject to hydrolysis) is 1. The van der Waals surface area contributed by atoms with Gasteiger partial charge in [0.1, 0.15) is 25.6 Å². The maximum atomic E-state index is 12.8. The van der Waals surface area contributed by atoms with Crippen LogP contribution in [0.3, 0.4) is 0 Å². The normalized spacial score (nSPS) is 24.8. The van der Waals surface area contributed by atoms with Crippen molar-refractivity contribution in [2.24, 2.45) is 58.7 Å². The minimum absolute atomic E-state index is 0.0178. The van der Waals surface area contributed by atoms with Crippen molar-refractivity contribution in [3.63, 3.8) is 0 Å². The molecule has 0 radical (unpaired) electrons. The highest BCUT2D eigenvalue weighted by Gasteiger charge is 2.43. The van der Waals surface area contributed by atoms with Gasteiger partial charge in [0.25, 0.3) is 0 Å². The number of ether oxygens (including phenoxy) is 13. The van der Waals surface area contributed by atoms with Gasteiger partial charge in [0.15, 0.2) is 18.9 Å². The molecule has 3 saturated heterocycles. The molecule has 0 saturated carbocycles. The van der Waals surface area contributed by atoms with Gasteiger partial charge < -0.3 is 77.5 Å². The van der Waals surface area contributed by atoms with Gasteiger partial charge in [-0.2, -0.15) is 0 Å². The Morgan fingerprint density at radius 3 is 1.05 bits per heavy atom. The molecular weight excluding hydrogens is 1380 g/mol. The van der Waals surface area contributed by atoms with Gasteiger partial charge in [-0.05, 0) is 124 Å². The molecule has 0 aromatic heterocycles. The van der Waals surface area contributed by atoms with Gasteiger partial charge in [-0.1, -0.05) is 127 Å². The van der Waals surface area contributed by atoms with Gasteiger partial charge in [0.2, 0.25) is 11.8 Å². The van der Waals surface area contributed by atoms with E-state index in [0.29, 0.717) is 160 Å². The molecule has 15 atom stereocenters. The standard InChI is InChI=1S/C81H141N3O23/c1-56-59(4)69(52-101-65(10)85)104-77(62(56)7)98-46-29-35-68(88)34-23-17-14-22-28-45-84-80(94)107-76(93)40-51-95-55-81(13,41-32-49-96-74(91)38-24-18-15-20-26-43-82-72(89)36-30-47-99-78-63(8)57(2)60(5)70(105-78)53-102-66(11)86)42-33-50-97-75(92)39-25-19-16-21-27-44-83-73(90)37-31-48-100-79-64(9)58(3)61(6)71(106-79)54-103-67(12)87/h56-64,69-71,77-79H,14-55H2,1-13H3,(H,82,89)(H,83,90)(H,84,94). The maximum Gasteiger partial charge on any atom is 0.414 e. The Kier molecular flexibility index (Phi) is 50.1. The van der Waals surface area contributed by atoms with Crippen molar-refractivity contribution in [2.75, 3.05) is 85.7 Å². The second-order valence-corrected chi connectivity index (χ2v) is 30.9. The number of hydrogen-bond acceptors (Lipinski definition) is 23. The van der Waals surface area contributed by atoms with Gasteiger partial charge in [-0.3, -0.25) is 43.2 Å². The Balaban J connectivity index is 1.29. The Morgan fingerprint density at radius 2 is 0.664 bits per heavy atom. The van der Waals surface area contributed by atoms with E-state index in [9.17, 15) is 47.9 Å². The summed E-state index contributed by atoms with van der Waals surface area (Å²) in [6.07, 6.45) is 15.9. The molecule has 3 aliphatic rings. The van der Waals surface area contributed by atoms with Crippen LogP contribution in [-0.2, 0) is 105 Å². The lowest BCUT2D eigenvalue weighted by Crippen LogP contribution is -2.47. The third-order valence-corrected chi connectivity index (χ3v) is 22.0. The Hall–Kier alpha value is -5.38. The zero-order chi connectivity index (χ0) is 78.9. The summed E-state index contributed by atoms with van der Waals surface area (Å²) >= 11 is 0. The van der Waals surface area contributed by atoms with Gasteiger partial charge in [0, 0.05) is 96.7 Å². The third-order valence-electron chi connectivity index (χ3n) is 22.0. The van der Waals surface area contributed by atoms with E-state index in [1.54, 1.807) is 0 Å². The number of esters is 6. The predicted octanol–water partition coefficient (Wildman–Crippen LogP) is 13.1. The molecule has 107 heavy (non-hydrogen) atoms. The first kappa shape index (κ1) is 95.8. The predicted molar refractivity (Wildman–Crippen MR) is 401 cm³/mol. The lowest BCUT2D eigenvalue weighted by molar-refractivity contribution is -0.255. The second kappa shape index (κ2) is 55.9. The Morgan fingerprint density at radius 1 is 0.327 bits per heavy atom. The smallest absolute Gasteiger partial charge is 0.414 e. The molecule has 3 amide bonds. The highest BCUT2D eigenvalue weighted by atomic mass is 16.7. The van der Waals surface area contributed by atoms with E-state index in [0.717, 1.165) is 77.0 Å². The van der Waals surface area contributed by atoms with Crippen LogP contribution in [0.25, 0.3) is 0 Å². The molecule has 618 valence electrons. The number of carbonyl (C=O) groups excluding carboxylic acids is 10. The second-order valence-electron chi connectivity index (χ2n) is 30.9. The molecule has 0 aliphatic carbocycles. The van der Waals surface area contributed by atoms with Crippen molar-refractivity contribution in [3.05, 3.63) is 0 Å². The number of rotatable bonds is 58. The molecule has 3 heterocycles. The van der Waals surface area contributed by atoms with Crippen molar-refractivity contribution >= 4 is 59.5 Å². The summed E-state index contributed by atoms with van der Waals surface area (Å²) < 4.78 is 74.5. The lowest BCUT2D eigenvalue weighted by Gasteiger charge is -2.43. The number of unbranched alkanes of at least 4 members (excludes halogenated alkanes) is 12. The van der Waals surface area contributed by atoms with Crippen LogP contribution in [0.1, 0.15) is 276 Å². The summed E-state index contributed by atoms with van der Waals surface area (Å²) in [5, 5.41) is 8.61. The van der Waals surface area contributed by atoms with E-state index in [1.807, 2.05) is 6.92 Å². The van der Waals surface area contributed by atoms with Crippen LogP contribution in [0, 0.1) is 58.7 Å². The monoisotopic (exact) mass is 1520 g/mol. The first-order valence-corrected chi connectivity index (χ1v) is 40.7. The van der Waals surface area contributed by atoms with E-state index in [-0.39, 0.29) is 154 Å². The molecule has 0 aromatic rings. The minimum atomic E-state index is -0.823. The van der Waals surface area contributed by atoms with Crippen molar-refractivity contribution in [3.8, 4) is 0 Å². The van der Waals surface area contributed by atoms with Crippen molar-refractivity contribution in [2.45, 2.75) is 313 Å². The van der Waals surface area contributed by atoms with Crippen LogP contribution >= 0.6 is 0 Å². The maximum absolute atomic E-state index is 12.8. The molecular formula is C81H141N3O23. The van der Waals surface area contributed by atoms with Gasteiger partial charge >= 0.3 is 41.9 Å². The van der Waals surface area contributed by atoms with Gasteiger partial charge in [-0.25, -0.2) is 4.79 Å². The van der Waals surface area contributed by atoms with Crippen LogP contribution < -0.4 is 16.0 Å². The zero-order valence-electron chi connectivity index (χ0n) is 67.7. The molecule has 26 heteroatoms. The largest absolute Gasteiger partial charge is 0.466 e. The molecule has 0 bridgehead atoms. The fraction of sp³-hybridized carbons (Fsp3) is 0.877. The Labute approximate surface area is 640 Å². The van der Waals surface area contributed by atoms with Crippen LogP contribution in [0.5, 0.6) is 0 Å². The summed E-state index contributed by atoms with van der Waals surface area (Å²) in [7, 11) is 0. The van der Waals surface area contributed by atoms with E-state index >= 15 is 0 Å². The molecule has 3 rings (SSSR count). The number of amides is 3. The van der Waals surface area contributed by atoms with Crippen LogP contribution in [0.4, 0.5) is 4.79 Å². The number of nitrogens with one attached hydrogen (secondary N) is 3. The summed E-state index contributed by atoms with van der Waals surface area (Å²) in [5.74, 6) is -0.117. The van der Waals surface area contributed by atoms with Crippen LogP contribution in [0.15, 0.2) is 0 Å². The summed E-state index contributed by atoms with van der Waals surface area (Å²) in [4.78, 5) is 122. The number of ketones is 1. The SMILES string of the molecule is CC(=O)OCC1OC(OCCCC(=O)CCCCCCCNC(=O)OC(=O)CCOCC(C)(CCCOC(=O)CCCCCCCNC(=O)CCCOC2OC(COC(C)=O)C(C)C(C)C2C)CCCOC(=O)CCCCCCCNC(=O)CCCOC2OC(COC(C)=O)C(C)C(C)C2C)C(C)C(C)C1C. The number of hydrogen-bond donors (Lipinski definition) is 3. The molecule has 15 unspecified atom stereocenters. The summed E-state index contributed by atoms with van der Waals surface area (Å²) in [6, 6.07) is 0. The van der Waals surface area contributed by atoms with E-state index in [4.69, 9.17) is 61.6 Å². The van der Waals surface area contributed by atoms with E-state index in [2.05, 4.69) is 78.3 Å².